The monoisotopic (exact) mass is 478 g/mol. The minimum atomic E-state index is -0.747. The third-order valence-electron chi connectivity index (χ3n) is 6.01. The largest absolute Gasteiger partial charge is 0.503 e. The number of hydrogen-bond acceptors (Lipinski definition) is 7. The average molecular weight is 479 g/mol. The molecule has 1 aliphatic heterocycles. The Morgan fingerprint density at radius 2 is 1.91 bits per heavy atom. The fourth-order valence-corrected chi connectivity index (χ4v) is 4.37. The summed E-state index contributed by atoms with van der Waals surface area (Å²) in [7, 11) is 5.43. The summed E-state index contributed by atoms with van der Waals surface area (Å²) in [5.74, 6) is -0.445. The second-order valence-electron chi connectivity index (χ2n) is 8.64. The number of furan rings is 1. The zero-order valence-electron chi connectivity index (χ0n) is 20.4. The molecular weight excluding hydrogens is 448 g/mol. The Kier molecular flexibility index (Phi) is 7.12. The number of hydrogen-bond donors (Lipinski definition) is 1. The number of methoxy groups -OCH3 is 1. The molecule has 4 rings (SSSR count). The van der Waals surface area contributed by atoms with Gasteiger partial charge in [-0.2, -0.15) is 0 Å². The molecule has 0 unspecified atom stereocenters. The average Bonchev–Trinajstić information content (AvgIpc) is 3.39. The third kappa shape index (κ3) is 4.74. The second-order valence-corrected chi connectivity index (χ2v) is 8.64. The maximum absolute atomic E-state index is 13.7. The fourth-order valence-electron chi connectivity index (χ4n) is 4.37. The first-order chi connectivity index (χ1) is 16.8. The van der Waals surface area contributed by atoms with E-state index in [1.165, 1.54) is 7.11 Å². The predicted octanol–water partition coefficient (Wildman–Crippen LogP) is 4.37. The van der Waals surface area contributed by atoms with Gasteiger partial charge >= 0.3 is 0 Å². The smallest absolute Gasteiger partial charge is 0.290 e. The number of nitrogens with zero attached hydrogens (tertiary/aromatic N) is 2. The van der Waals surface area contributed by atoms with Crippen LogP contribution in [0.15, 0.2) is 64.3 Å². The lowest BCUT2D eigenvalue weighted by Crippen LogP contribution is -2.33. The van der Waals surface area contributed by atoms with Crippen LogP contribution in [-0.4, -0.2) is 67.5 Å². The number of fused-ring (bicyclic) bond motifs is 1. The van der Waals surface area contributed by atoms with E-state index in [-0.39, 0.29) is 11.3 Å². The predicted molar refractivity (Wildman–Crippen MR) is 132 cm³/mol. The van der Waals surface area contributed by atoms with E-state index in [4.69, 9.17) is 13.9 Å². The maximum atomic E-state index is 13.7. The normalized spacial score (nSPS) is 16.0. The molecule has 0 bridgehead atoms. The Labute approximate surface area is 204 Å². The van der Waals surface area contributed by atoms with E-state index >= 15 is 0 Å². The van der Waals surface area contributed by atoms with Gasteiger partial charge in [0.2, 0.25) is 5.78 Å². The van der Waals surface area contributed by atoms with Crippen molar-refractivity contribution in [3.05, 3.63) is 71.2 Å². The van der Waals surface area contributed by atoms with Gasteiger partial charge < -0.3 is 28.8 Å². The summed E-state index contributed by atoms with van der Waals surface area (Å²) in [5, 5.41) is 11.6. The Balaban J connectivity index is 1.74. The van der Waals surface area contributed by atoms with Crippen LogP contribution in [0.1, 0.15) is 35.5 Å². The molecule has 0 saturated heterocycles. The van der Waals surface area contributed by atoms with Crippen LogP contribution in [-0.2, 0) is 4.79 Å². The fraction of sp³-hybridized carbons (Fsp3) is 0.333. The number of carbonyl (C=O) groups is 2. The quantitative estimate of drug-likeness (QED) is 0.433. The molecule has 1 atom stereocenters. The summed E-state index contributed by atoms with van der Waals surface area (Å²) < 4.78 is 16.7. The van der Waals surface area contributed by atoms with Crippen LogP contribution < -0.4 is 9.47 Å². The van der Waals surface area contributed by atoms with Gasteiger partial charge in [-0.15, -0.1) is 0 Å². The van der Waals surface area contributed by atoms with E-state index in [1.807, 2.05) is 44.1 Å². The molecule has 184 valence electrons. The van der Waals surface area contributed by atoms with E-state index in [1.54, 1.807) is 35.2 Å². The van der Waals surface area contributed by atoms with Gasteiger partial charge in [-0.3, -0.25) is 9.59 Å². The Morgan fingerprint density at radius 3 is 2.57 bits per heavy atom. The van der Waals surface area contributed by atoms with Crippen LogP contribution in [0.25, 0.3) is 11.0 Å². The summed E-state index contributed by atoms with van der Waals surface area (Å²) in [6, 6.07) is 13.4. The molecule has 1 aliphatic rings. The van der Waals surface area contributed by atoms with Crippen LogP contribution in [0, 0.1) is 0 Å². The maximum Gasteiger partial charge on any atom is 0.290 e. The van der Waals surface area contributed by atoms with Crippen LogP contribution in [0.3, 0.4) is 0 Å². The Hall–Kier alpha value is -3.78. The van der Waals surface area contributed by atoms with Gasteiger partial charge in [0, 0.05) is 11.9 Å². The molecule has 0 fully saturated rings. The molecule has 0 radical (unpaired) electrons. The number of aliphatic hydroxyl groups excluding tert-OH is 1. The van der Waals surface area contributed by atoms with Gasteiger partial charge in [-0.1, -0.05) is 24.3 Å². The highest BCUT2D eigenvalue weighted by Gasteiger charge is 2.44. The first-order valence-corrected chi connectivity index (χ1v) is 11.6. The molecule has 0 saturated carbocycles. The molecule has 8 nitrogen and oxygen atoms in total. The lowest BCUT2D eigenvalue weighted by Gasteiger charge is -2.27. The summed E-state index contributed by atoms with van der Waals surface area (Å²) in [6.07, 6.45) is 0.683. The molecule has 2 heterocycles. The SMILES string of the molecule is CCOc1ccc([C@H]2C(C(=O)c3cc4cccc(OC)c4o3)=C(O)C(=O)N2CCCN(C)C)cc1. The van der Waals surface area contributed by atoms with E-state index in [0.29, 0.717) is 47.6 Å². The number of para-hydroxylation sites is 1. The number of rotatable bonds is 10. The molecule has 2 aromatic carbocycles. The highest BCUT2D eigenvalue weighted by atomic mass is 16.5. The summed E-state index contributed by atoms with van der Waals surface area (Å²) in [6.45, 7) is 3.56. The van der Waals surface area contributed by atoms with Crippen LogP contribution in [0.4, 0.5) is 0 Å². The minimum Gasteiger partial charge on any atom is -0.503 e. The van der Waals surface area contributed by atoms with Crippen molar-refractivity contribution in [2.75, 3.05) is 40.9 Å². The number of ketones is 1. The zero-order valence-corrected chi connectivity index (χ0v) is 20.4. The highest BCUT2D eigenvalue weighted by Crippen LogP contribution is 2.40. The Morgan fingerprint density at radius 1 is 1.17 bits per heavy atom. The molecule has 1 N–H and O–H groups in total. The van der Waals surface area contributed by atoms with Crippen LogP contribution >= 0.6 is 0 Å². The summed E-state index contributed by atoms with van der Waals surface area (Å²) >= 11 is 0. The molecular formula is C27H30N2O6. The number of amides is 1. The van der Waals surface area contributed by atoms with Gasteiger partial charge in [0.1, 0.15) is 5.75 Å². The van der Waals surface area contributed by atoms with Crippen molar-refractivity contribution in [2.45, 2.75) is 19.4 Å². The molecule has 1 aromatic heterocycles. The van der Waals surface area contributed by atoms with Crippen molar-refractivity contribution in [1.82, 2.24) is 9.80 Å². The van der Waals surface area contributed by atoms with Crippen molar-refractivity contribution < 1.29 is 28.6 Å². The van der Waals surface area contributed by atoms with E-state index in [0.717, 1.165) is 6.54 Å². The van der Waals surface area contributed by atoms with Crippen molar-refractivity contribution in [3.8, 4) is 11.5 Å². The summed E-state index contributed by atoms with van der Waals surface area (Å²) in [5.41, 5.74) is 1.14. The first-order valence-electron chi connectivity index (χ1n) is 11.6. The third-order valence-corrected chi connectivity index (χ3v) is 6.01. The summed E-state index contributed by atoms with van der Waals surface area (Å²) in [4.78, 5) is 30.4. The molecule has 3 aromatic rings. The lowest BCUT2D eigenvalue weighted by atomic mass is 9.95. The van der Waals surface area contributed by atoms with Crippen molar-refractivity contribution >= 4 is 22.7 Å². The standard InChI is InChI=1S/C27H30N2O6/c1-5-34-19-12-10-17(11-13-19)23-22(25(31)27(32)29(23)15-7-14-28(2)3)24(30)21-16-18-8-6-9-20(33-4)26(18)35-21/h6,8-13,16,23,31H,5,7,14-15H2,1-4H3/t23-/m0/s1. The van der Waals surface area contributed by atoms with Gasteiger partial charge in [-0.05, 0) is 63.8 Å². The number of Topliss-reactive ketones (excluding diaryl/α,β-unsaturated/α-hetero) is 1. The zero-order chi connectivity index (χ0) is 25.1. The second kappa shape index (κ2) is 10.2. The Bertz CT molecular complexity index is 1260. The minimum absolute atomic E-state index is 0.00189. The van der Waals surface area contributed by atoms with Crippen molar-refractivity contribution in [3.63, 3.8) is 0 Å². The van der Waals surface area contributed by atoms with Crippen molar-refractivity contribution in [1.29, 1.82) is 0 Å². The number of ether oxygens (including phenoxy) is 2. The lowest BCUT2D eigenvalue weighted by molar-refractivity contribution is -0.129. The molecule has 0 spiro atoms. The van der Waals surface area contributed by atoms with Gasteiger partial charge in [0.15, 0.2) is 22.9 Å². The number of benzene rings is 2. The van der Waals surface area contributed by atoms with Crippen molar-refractivity contribution in [2.24, 2.45) is 0 Å². The molecule has 8 heteroatoms. The van der Waals surface area contributed by atoms with Crippen LogP contribution in [0.5, 0.6) is 11.5 Å². The highest BCUT2D eigenvalue weighted by molar-refractivity contribution is 6.16. The van der Waals surface area contributed by atoms with Gasteiger partial charge in [0.25, 0.3) is 5.91 Å². The van der Waals surface area contributed by atoms with E-state index in [9.17, 15) is 14.7 Å². The number of aliphatic hydroxyl groups is 1. The number of carbonyl (C=O) groups excluding carboxylic acids is 2. The molecule has 1 amide bonds. The van der Waals surface area contributed by atoms with E-state index in [2.05, 4.69) is 0 Å². The first kappa shape index (κ1) is 24.3. The topological polar surface area (TPSA) is 92.4 Å². The van der Waals surface area contributed by atoms with Gasteiger partial charge in [0.05, 0.1) is 25.3 Å². The van der Waals surface area contributed by atoms with Crippen LogP contribution in [0.2, 0.25) is 0 Å². The van der Waals surface area contributed by atoms with Gasteiger partial charge in [-0.25, -0.2) is 0 Å². The molecule has 0 aliphatic carbocycles. The molecule has 35 heavy (non-hydrogen) atoms. The van der Waals surface area contributed by atoms with E-state index < -0.39 is 23.5 Å².